The number of esters is 1. The van der Waals surface area contributed by atoms with Crippen molar-refractivity contribution in [2.45, 2.75) is 37.2 Å². The summed E-state index contributed by atoms with van der Waals surface area (Å²) in [5.74, 6) is 0.987. The summed E-state index contributed by atoms with van der Waals surface area (Å²) < 4.78 is 12.3. The Labute approximate surface area is 198 Å². The number of hydrogen-bond acceptors (Lipinski definition) is 7. The number of thioether (sulfide) groups is 1. The molecule has 8 heteroatoms. The molecule has 1 aliphatic rings. The number of nitrogens with zero attached hydrogens (tertiary/aromatic N) is 3. The number of nitrogens with one attached hydrogen (secondary N) is 1. The van der Waals surface area contributed by atoms with E-state index in [0.717, 1.165) is 17.7 Å². The molecule has 2 heterocycles. The fourth-order valence-corrected chi connectivity index (χ4v) is 4.50. The Morgan fingerprint density at radius 3 is 2.55 bits per heavy atom. The van der Waals surface area contributed by atoms with Crippen LogP contribution >= 0.6 is 11.8 Å². The highest BCUT2D eigenvalue weighted by atomic mass is 32.2. The van der Waals surface area contributed by atoms with E-state index in [0.29, 0.717) is 29.0 Å². The molecule has 0 fully saturated rings. The van der Waals surface area contributed by atoms with Gasteiger partial charge in [-0.25, -0.2) is 9.48 Å². The number of rotatable bonds is 9. The van der Waals surface area contributed by atoms with E-state index in [1.807, 2.05) is 37.3 Å². The van der Waals surface area contributed by atoms with Crippen LogP contribution in [0.2, 0.25) is 0 Å². The Morgan fingerprint density at radius 2 is 1.85 bits per heavy atom. The zero-order chi connectivity index (χ0) is 23.2. The van der Waals surface area contributed by atoms with Gasteiger partial charge in [0, 0.05) is 18.6 Å². The largest absolute Gasteiger partial charge is 0.460 e. The van der Waals surface area contributed by atoms with E-state index < -0.39 is 6.04 Å². The molecule has 1 aliphatic heterocycles. The van der Waals surface area contributed by atoms with Crippen molar-refractivity contribution in [1.82, 2.24) is 14.8 Å². The van der Waals surface area contributed by atoms with Crippen molar-refractivity contribution in [3.05, 3.63) is 82.6 Å². The van der Waals surface area contributed by atoms with E-state index in [1.54, 1.807) is 23.6 Å². The topological polar surface area (TPSA) is 78.3 Å². The summed E-state index contributed by atoms with van der Waals surface area (Å²) in [7, 11) is 1.58. The zero-order valence-electron chi connectivity index (χ0n) is 19.1. The number of carbonyl (C=O) groups excluding carboxylic acids is 1. The maximum atomic E-state index is 13.1. The maximum absolute atomic E-state index is 13.1. The SMILES string of the molecule is CCc1ccc([C@H]2C(C(=O)OCCOC)=C(C)Nc3nc(SCc4ccccc4)nn32)cc1. The van der Waals surface area contributed by atoms with Crippen molar-refractivity contribution in [3.63, 3.8) is 0 Å². The van der Waals surface area contributed by atoms with E-state index in [2.05, 4.69) is 36.5 Å². The second-order valence-corrected chi connectivity index (χ2v) is 8.67. The molecule has 172 valence electrons. The van der Waals surface area contributed by atoms with Gasteiger partial charge in [0.2, 0.25) is 11.1 Å². The Balaban J connectivity index is 1.66. The molecule has 0 aliphatic carbocycles. The maximum Gasteiger partial charge on any atom is 0.338 e. The number of ether oxygens (including phenoxy) is 2. The van der Waals surface area contributed by atoms with E-state index in [-0.39, 0.29) is 12.6 Å². The predicted octanol–water partition coefficient (Wildman–Crippen LogP) is 4.61. The van der Waals surface area contributed by atoms with Crippen molar-refractivity contribution >= 4 is 23.7 Å². The highest BCUT2D eigenvalue weighted by Crippen LogP contribution is 2.37. The van der Waals surface area contributed by atoms with Crippen LogP contribution in [0.25, 0.3) is 0 Å². The Bertz CT molecular complexity index is 1130. The minimum absolute atomic E-state index is 0.190. The third-order valence-electron chi connectivity index (χ3n) is 5.49. The minimum atomic E-state index is -0.430. The molecule has 0 radical (unpaired) electrons. The number of aryl methyl sites for hydroxylation is 1. The third kappa shape index (κ3) is 5.29. The minimum Gasteiger partial charge on any atom is -0.460 e. The second kappa shape index (κ2) is 10.7. The molecule has 1 N–H and O–H groups in total. The highest BCUT2D eigenvalue weighted by Gasteiger charge is 2.35. The number of carbonyl (C=O) groups is 1. The molecule has 33 heavy (non-hydrogen) atoms. The van der Waals surface area contributed by atoms with Gasteiger partial charge in [0.1, 0.15) is 12.6 Å². The molecule has 7 nitrogen and oxygen atoms in total. The molecule has 0 spiro atoms. The van der Waals surface area contributed by atoms with Crippen LogP contribution in [0.3, 0.4) is 0 Å². The van der Waals surface area contributed by atoms with Crippen LogP contribution in [0.5, 0.6) is 0 Å². The van der Waals surface area contributed by atoms with Crippen molar-refractivity contribution < 1.29 is 14.3 Å². The number of hydrogen-bond donors (Lipinski definition) is 1. The average molecular weight is 465 g/mol. The summed E-state index contributed by atoms with van der Waals surface area (Å²) >= 11 is 1.56. The number of anilines is 1. The Kier molecular flexibility index (Phi) is 7.47. The first-order valence-electron chi connectivity index (χ1n) is 11.0. The van der Waals surface area contributed by atoms with Gasteiger partial charge in [-0.15, -0.1) is 5.10 Å². The van der Waals surface area contributed by atoms with Gasteiger partial charge in [-0.2, -0.15) is 4.98 Å². The van der Waals surface area contributed by atoms with Crippen LogP contribution in [0.1, 0.15) is 36.6 Å². The van der Waals surface area contributed by atoms with Crippen molar-refractivity contribution in [3.8, 4) is 0 Å². The molecule has 0 unspecified atom stereocenters. The lowest BCUT2D eigenvalue weighted by Gasteiger charge is -2.28. The molecule has 1 atom stereocenters. The first kappa shape index (κ1) is 23.1. The molecule has 2 aromatic carbocycles. The van der Waals surface area contributed by atoms with E-state index >= 15 is 0 Å². The summed E-state index contributed by atoms with van der Waals surface area (Å²) in [4.78, 5) is 17.8. The first-order valence-corrected chi connectivity index (χ1v) is 11.9. The molecule has 0 saturated carbocycles. The number of fused-ring (bicyclic) bond motifs is 1. The van der Waals surface area contributed by atoms with Gasteiger partial charge < -0.3 is 14.8 Å². The summed E-state index contributed by atoms with van der Waals surface area (Å²) in [6.07, 6.45) is 0.947. The van der Waals surface area contributed by atoms with Crippen LogP contribution in [0.4, 0.5) is 5.95 Å². The lowest BCUT2D eigenvalue weighted by molar-refractivity contribution is -0.140. The van der Waals surface area contributed by atoms with Crippen molar-refractivity contribution in [1.29, 1.82) is 0 Å². The zero-order valence-corrected chi connectivity index (χ0v) is 19.9. The summed E-state index contributed by atoms with van der Waals surface area (Å²) in [5.41, 5.74) is 4.62. The fraction of sp³-hybridized carbons (Fsp3) is 0.320. The van der Waals surface area contributed by atoms with Gasteiger partial charge in [0.05, 0.1) is 12.2 Å². The van der Waals surface area contributed by atoms with Crippen LogP contribution in [-0.2, 0) is 26.4 Å². The smallest absolute Gasteiger partial charge is 0.338 e. The Hall–Kier alpha value is -3.10. The van der Waals surface area contributed by atoms with Crippen LogP contribution in [0, 0.1) is 0 Å². The van der Waals surface area contributed by atoms with Gasteiger partial charge >= 0.3 is 5.97 Å². The molecule has 3 aromatic rings. The number of methoxy groups -OCH3 is 1. The molecule has 0 saturated heterocycles. The second-order valence-electron chi connectivity index (χ2n) is 7.73. The number of aromatic nitrogens is 3. The lowest BCUT2D eigenvalue weighted by Crippen LogP contribution is -2.30. The summed E-state index contributed by atoms with van der Waals surface area (Å²) in [6, 6.07) is 18.0. The Morgan fingerprint density at radius 1 is 1.09 bits per heavy atom. The van der Waals surface area contributed by atoms with Gasteiger partial charge in [-0.05, 0) is 30.0 Å². The fourth-order valence-electron chi connectivity index (χ4n) is 3.72. The number of benzene rings is 2. The molecule has 0 bridgehead atoms. The highest BCUT2D eigenvalue weighted by molar-refractivity contribution is 7.98. The quantitative estimate of drug-likeness (QED) is 0.281. The van der Waals surface area contributed by atoms with Gasteiger partial charge in [-0.1, -0.05) is 73.3 Å². The lowest BCUT2D eigenvalue weighted by atomic mass is 9.95. The standard InChI is InChI=1S/C25H28N4O3S/c1-4-18-10-12-20(13-11-18)22-21(23(30)32-15-14-31-3)17(2)26-24-27-25(28-29(22)24)33-16-19-8-6-5-7-9-19/h5-13,22H,4,14-16H2,1-3H3,(H,26,27,28)/t22-/m0/s1. The molecular weight excluding hydrogens is 436 g/mol. The van der Waals surface area contributed by atoms with Crippen molar-refractivity contribution in [2.75, 3.05) is 25.6 Å². The first-order chi connectivity index (χ1) is 16.1. The third-order valence-corrected chi connectivity index (χ3v) is 6.40. The predicted molar refractivity (Wildman–Crippen MR) is 129 cm³/mol. The van der Waals surface area contributed by atoms with Crippen LogP contribution < -0.4 is 5.32 Å². The monoisotopic (exact) mass is 464 g/mol. The normalized spacial score (nSPS) is 15.2. The number of allylic oxidation sites excluding steroid dienone is 1. The molecule has 1 aromatic heterocycles. The average Bonchev–Trinajstić information content (AvgIpc) is 3.25. The van der Waals surface area contributed by atoms with E-state index in [9.17, 15) is 4.79 Å². The van der Waals surface area contributed by atoms with Crippen LogP contribution in [0.15, 0.2) is 71.0 Å². The summed E-state index contributed by atoms with van der Waals surface area (Å²) in [5, 5.41) is 8.67. The van der Waals surface area contributed by atoms with Gasteiger partial charge in [0.25, 0.3) is 0 Å². The van der Waals surface area contributed by atoms with Crippen LogP contribution in [-0.4, -0.2) is 41.1 Å². The van der Waals surface area contributed by atoms with Crippen molar-refractivity contribution in [2.24, 2.45) is 0 Å². The van der Waals surface area contributed by atoms with E-state index in [1.165, 1.54) is 11.1 Å². The molecular formula is C25H28N4O3S. The van der Waals surface area contributed by atoms with Gasteiger partial charge in [-0.3, -0.25) is 0 Å². The molecule has 0 amide bonds. The van der Waals surface area contributed by atoms with Gasteiger partial charge in [0.15, 0.2) is 0 Å². The molecule has 4 rings (SSSR count). The summed E-state index contributed by atoms with van der Waals surface area (Å²) in [6.45, 7) is 4.52. The van der Waals surface area contributed by atoms with E-state index in [4.69, 9.17) is 19.6 Å².